The van der Waals surface area contributed by atoms with E-state index in [1.54, 1.807) is 0 Å². The molecule has 1 atom stereocenters. The van der Waals surface area contributed by atoms with Crippen molar-refractivity contribution in [2.24, 2.45) is 5.41 Å². The lowest BCUT2D eigenvalue weighted by Gasteiger charge is -2.32. The van der Waals surface area contributed by atoms with Gasteiger partial charge in [-0.1, -0.05) is 13.8 Å². The van der Waals surface area contributed by atoms with Crippen LogP contribution in [0.5, 0.6) is 0 Å². The molecule has 1 aliphatic carbocycles. The summed E-state index contributed by atoms with van der Waals surface area (Å²) in [4.78, 5) is 11.2. The lowest BCUT2D eigenvalue weighted by Crippen LogP contribution is -2.37. The molecule has 0 aromatic rings. The summed E-state index contributed by atoms with van der Waals surface area (Å²) < 4.78 is 0. The maximum atomic E-state index is 11.2. The van der Waals surface area contributed by atoms with Crippen molar-refractivity contribution in [2.45, 2.75) is 38.5 Å². The summed E-state index contributed by atoms with van der Waals surface area (Å²) in [6, 6.07) is 0. The fraction of sp³-hybridized carbons (Fsp3) is 0.875. The van der Waals surface area contributed by atoms with E-state index >= 15 is 0 Å². The number of ketones is 1. The van der Waals surface area contributed by atoms with Gasteiger partial charge in [0.05, 0.1) is 0 Å². The van der Waals surface area contributed by atoms with Crippen LogP contribution in [0.3, 0.4) is 0 Å². The van der Waals surface area contributed by atoms with Crippen LogP contribution in [-0.2, 0) is 4.79 Å². The van der Waals surface area contributed by atoms with Gasteiger partial charge in [-0.2, -0.15) is 0 Å². The molecule has 0 unspecified atom stereocenters. The standard InChI is InChI=1S/C8H13ClO/c1-8(2)6(9)4-3-5-7(8)10/h6H,3-5H2,1-2H3/t6-/m0/s1. The minimum atomic E-state index is -0.278. The SMILES string of the molecule is CC1(C)C(=O)CCC[C@@H]1Cl. The smallest absolute Gasteiger partial charge is 0.139 e. The second-order valence-corrected chi connectivity index (χ2v) is 4.03. The second-order valence-electron chi connectivity index (χ2n) is 3.50. The molecule has 0 spiro atoms. The largest absolute Gasteiger partial charge is 0.299 e. The van der Waals surface area contributed by atoms with E-state index in [4.69, 9.17) is 11.6 Å². The summed E-state index contributed by atoms with van der Waals surface area (Å²) in [6.45, 7) is 3.87. The molecule has 1 fully saturated rings. The van der Waals surface area contributed by atoms with Gasteiger partial charge in [0.2, 0.25) is 0 Å². The molecule has 10 heavy (non-hydrogen) atoms. The van der Waals surface area contributed by atoms with Crippen LogP contribution in [-0.4, -0.2) is 11.2 Å². The van der Waals surface area contributed by atoms with Crippen molar-refractivity contribution >= 4 is 17.4 Å². The highest BCUT2D eigenvalue weighted by Crippen LogP contribution is 2.35. The first-order valence-electron chi connectivity index (χ1n) is 3.72. The number of hydrogen-bond acceptors (Lipinski definition) is 1. The summed E-state index contributed by atoms with van der Waals surface area (Å²) in [6.07, 6.45) is 2.67. The molecule has 1 saturated carbocycles. The van der Waals surface area contributed by atoms with Crippen LogP contribution >= 0.6 is 11.6 Å². The predicted molar refractivity (Wildman–Crippen MR) is 42.3 cm³/mol. The Hall–Kier alpha value is -0.0400. The Morgan fingerprint density at radius 1 is 1.60 bits per heavy atom. The van der Waals surface area contributed by atoms with Crippen LogP contribution < -0.4 is 0 Å². The van der Waals surface area contributed by atoms with Gasteiger partial charge in [0.25, 0.3) is 0 Å². The number of alkyl halides is 1. The zero-order valence-electron chi connectivity index (χ0n) is 6.48. The minimum Gasteiger partial charge on any atom is -0.299 e. The number of Topliss-reactive ketones (excluding diaryl/α,β-unsaturated/α-hetero) is 1. The fourth-order valence-corrected chi connectivity index (χ4v) is 1.58. The molecule has 1 aliphatic rings. The van der Waals surface area contributed by atoms with Gasteiger partial charge < -0.3 is 0 Å². The maximum Gasteiger partial charge on any atom is 0.139 e. The van der Waals surface area contributed by atoms with Crippen molar-refractivity contribution in [3.8, 4) is 0 Å². The minimum absolute atomic E-state index is 0.0498. The van der Waals surface area contributed by atoms with Crippen molar-refractivity contribution in [3.05, 3.63) is 0 Å². The summed E-state index contributed by atoms with van der Waals surface area (Å²) in [7, 11) is 0. The van der Waals surface area contributed by atoms with E-state index in [0.29, 0.717) is 5.78 Å². The molecule has 58 valence electrons. The van der Waals surface area contributed by atoms with Crippen LogP contribution in [0.4, 0.5) is 0 Å². The normalized spacial score (nSPS) is 32.3. The third-order valence-corrected chi connectivity index (χ3v) is 3.13. The lowest BCUT2D eigenvalue weighted by molar-refractivity contribution is -0.128. The first-order chi connectivity index (χ1) is 4.55. The molecule has 1 nitrogen and oxygen atoms in total. The van der Waals surface area contributed by atoms with E-state index < -0.39 is 0 Å². The van der Waals surface area contributed by atoms with Crippen LogP contribution in [0.2, 0.25) is 0 Å². The van der Waals surface area contributed by atoms with Crippen LogP contribution in [0.25, 0.3) is 0 Å². The topological polar surface area (TPSA) is 17.1 Å². The fourth-order valence-electron chi connectivity index (χ4n) is 1.30. The van der Waals surface area contributed by atoms with E-state index in [0.717, 1.165) is 19.3 Å². The summed E-state index contributed by atoms with van der Waals surface area (Å²) in [5.74, 6) is 0.318. The highest BCUT2D eigenvalue weighted by atomic mass is 35.5. The molecule has 0 amide bonds. The van der Waals surface area contributed by atoms with Gasteiger partial charge in [-0.3, -0.25) is 4.79 Å². The number of carbonyl (C=O) groups is 1. The molecule has 0 aromatic carbocycles. The third-order valence-electron chi connectivity index (χ3n) is 2.36. The molecule has 0 aliphatic heterocycles. The number of carbonyl (C=O) groups excluding carboxylic acids is 1. The van der Waals surface area contributed by atoms with Gasteiger partial charge >= 0.3 is 0 Å². The van der Waals surface area contributed by atoms with E-state index in [1.165, 1.54) is 0 Å². The van der Waals surface area contributed by atoms with Crippen molar-refractivity contribution < 1.29 is 4.79 Å². The molecule has 0 radical (unpaired) electrons. The molecule has 1 rings (SSSR count). The van der Waals surface area contributed by atoms with Gasteiger partial charge in [0.15, 0.2) is 0 Å². The quantitative estimate of drug-likeness (QED) is 0.498. The Labute approximate surface area is 66.8 Å². The number of rotatable bonds is 0. The second kappa shape index (κ2) is 2.54. The summed E-state index contributed by atoms with van der Waals surface area (Å²) in [5, 5.41) is 0.0498. The Kier molecular flexibility index (Phi) is 2.04. The van der Waals surface area contributed by atoms with Crippen molar-refractivity contribution in [3.63, 3.8) is 0 Å². The van der Waals surface area contributed by atoms with Crippen LogP contribution in [0.1, 0.15) is 33.1 Å². The van der Waals surface area contributed by atoms with Crippen LogP contribution in [0.15, 0.2) is 0 Å². The Morgan fingerprint density at radius 2 is 2.20 bits per heavy atom. The molecule has 0 N–H and O–H groups in total. The Morgan fingerprint density at radius 3 is 2.60 bits per heavy atom. The Balaban J connectivity index is 2.73. The van der Waals surface area contributed by atoms with Gasteiger partial charge in [-0.15, -0.1) is 11.6 Å². The Bertz CT molecular complexity index is 151. The van der Waals surface area contributed by atoms with Crippen LogP contribution in [0, 0.1) is 5.41 Å². The predicted octanol–water partition coefficient (Wildman–Crippen LogP) is 2.37. The number of hydrogen-bond donors (Lipinski definition) is 0. The van der Waals surface area contributed by atoms with E-state index in [9.17, 15) is 4.79 Å². The van der Waals surface area contributed by atoms with Gasteiger partial charge in [0.1, 0.15) is 5.78 Å². The van der Waals surface area contributed by atoms with Gasteiger partial charge in [-0.05, 0) is 12.8 Å². The van der Waals surface area contributed by atoms with Crippen molar-refractivity contribution in [2.75, 3.05) is 0 Å². The average molecular weight is 161 g/mol. The summed E-state index contributed by atoms with van der Waals surface area (Å²) >= 11 is 5.98. The molecule has 2 heteroatoms. The van der Waals surface area contributed by atoms with Gasteiger partial charge in [-0.25, -0.2) is 0 Å². The lowest BCUT2D eigenvalue weighted by atomic mass is 9.76. The third kappa shape index (κ3) is 1.20. The van der Waals surface area contributed by atoms with E-state index in [2.05, 4.69) is 0 Å². The molecule has 0 aromatic heterocycles. The molecule has 0 bridgehead atoms. The summed E-state index contributed by atoms with van der Waals surface area (Å²) in [5.41, 5.74) is -0.278. The van der Waals surface area contributed by atoms with Gasteiger partial charge in [0, 0.05) is 17.2 Å². The first kappa shape index (κ1) is 8.06. The number of halogens is 1. The molecule has 0 saturated heterocycles. The van der Waals surface area contributed by atoms with Crippen molar-refractivity contribution in [1.29, 1.82) is 0 Å². The zero-order valence-corrected chi connectivity index (χ0v) is 7.24. The maximum absolute atomic E-state index is 11.2. The highest BCUT2D eigenvalue weighted by molar-refractivity contribution is 6.23. The monoisotopic (exact) mass is 160 g/mol. The van der Waals surface area contributed by atoms with E-state index in [-0.39, 0.29) is 10.8 Å². The molecule has 0 heterocycles. The first-order valence-corrected chi connectivity index (χ1v) is 4.16. The zero-order chi connectivity index (χ0) is 7.78. The molecular formula is C8H13ClO. The highest BCUT2D eigenvalue weighted by Gasteiger charge is 2.37. The molecular weight excluding hydrogens is 148 g/mol. The average Bonchev–Trinajstić information content (AvgIpc) is 1.84. The van der Waals surface area contributed by atoms with E-state index in [1.807, 2.05) is 13.8 Å². The van der Waals surface area contributed by atoms with Crippen molar-refractivity contribution in [1.82, 2.24) is 0 Å².